The minimum absolute atomic E-state index is 0.172. The molecule has 0 bridgehead atoms. The molecule has 1 saturated heterocycles. The fourth-order valence-corrected chi connectivity index (χ4v) is 3.27. The quantitative estimate of drug-likeness (QED) is 0.146. The molecule has 2 atom stereocenters. The van der Waals surface area contributed by atoms with Crippen molar-refractivity contribution in [2.75, 3.05) is 13.2 Å². The first-order valence-corrected chi connectivity index (χ1v) is 10.7. The summed E-state index contributed by atoms with van der Waals surface area (Å²) in [5.74, 6) is -3.72. The lowest BCUT2D eigenvalue weighted by atomic mass is 9.96. The van der Waals surface area contributed by atoms with E-state index in [9.17, 15) is 39.9 Å². The second kappa shape index (κ2) is 11.3. The summed E-state index contributed by atoms with van der Waals surface area (Å²) in [5, 5.41) is 48.0. The maximum atomic E-state index is 12.1. The van der Waals surface area contributed by atoms with Crippen LogP contribution in [0.15, 0.2) is 48.6 Å². The van der Waals surface area contributed by atoms with Crippen LogP contribution in [0.1, 0.15) is 24.0 Å². The Kier molecular flexibility index (Phi) is 8.18. The maximum absolute atomic E-state index is 12.1. The van der Waals surface area contributed by atoms with E-state index in [-0.39, 0.29) is 49.1 Å². The molecule has 0 spiro atoms. The fraction of sp³-hybridized carbons (Fsp3) is 0.240. The number of hydrogen-bond acceptors (Lipinski definition) is 11. The van der Waals surface area contributed by atoms with Gasteiger partial charge in [-0.3, -0.25) is 0 Å². The van der Waals surface area contributed by atoms with E-state index in [4.69, 9.17) is 14.2 Å². The van der Waals surface area contributed by atoms with Crippen LogP contribution in [0.5, 0.6) is 23.0 Å². The first-order valence-electron chi connectivity index (χ1n) is 10.7. The molecule has 0 radical (unpaired) electrons. The standard InChI is InChI=1S/C25H24O11/c26-18-5-1-15(11-20(18)28)3-7-22(30)34-10-9-25(33)13-17(36-24(25)32)14-35-23(31)8-4-16-2-6-19(27)21(29)12-16/h1-8,11-12,17,26-29,33H,9-10,13-14H2/b7-3+,8-4+/t17?,25-/m0/s1. The van der Waals surface area contributed by atoms with Crippen LogP contribution in [0.4, 0.5) is 0 Å². The van der Waals surface area contributed by atoms with Gasteiger partial charge in [0.05, 0.1) is 6.61 Å². The highest BCUT2D eigenvalue weighted by Crippen LogP contribution is 2.29. The van der Waals surface area contributed by atoms with Gasteiger partial charge in [0, 0.05) is 25.0 Å². The Balaban J connectivity index is 1.42. The lowest BCUT2D eigenvalue weighted by Gasteiger charge is -2.17. The number of benzene rings is 2. The van der Waals surface area contributed by atoms with Crippen molar-refractivity contribution in [3.63, 3.8) is 0 Å². The van der Waals surface area contributed by atoms with Gasteiger partial charge < -0.3 is 39.7 Å². The Morgan fingerprint density at radius 1 is 0.889 bits per heavy atom. The van der Waals surface area contributed by atoms with Crippen molar-refractivity contribution in [3.8, 4) is 23.0 Å². The monoisotopic (exact) mass is 500 g/mol. The van der Waals surface area contributed by atoms with Crippen molar-refractivity contribution in [3.05, 3.63) is 59.7 Å². The molecule has 11 nitrogen and oxygen atoms in total. The molecule has 1 unspecified atom stereocenters. The van der Waals surface area contributed by atoms with E-state index < -0.39 is 29.6 Å². The zero-order chi connectivity index (χ0) is 26.3. The van der Waals surface area contributed by atoms with Gasteiger partial charge in [-0.1, -0.05) is 12.1 Å². The van der Waals surface area contributed by atoms with Crippen molar-refractivity contribution in [1.29, 1.82) is 0 Å². The fourth-order valence-electron chi connectivity index (χ4n) is 3.27. The van der Waals surface area contributed by atoms with E-state index in [0.717, 1.165) is 12.2 Å². The number of cyclic esters (lactones) is 1. The van der Waals surface area contributed by atoms with Crippen LogP contribution in [0.2, 0.25) is 0 Å². The Morgan fingerprint density at radius 2 is 1.42 bits per heavy atom. The van der Waals surface area contributed by atoms with Gasteiger partial charge in [0.2, 0.25) is 0 Å². The molecule has 3 rings (SSSR count). The average molecular weight is 500 g/mol. The topological polar surface area (TPSA) is 180 Å². The molecule has 1 heterocycles. The average Bonchev–Trinajstić information content (AvgIpc) is 3.12. The first kappa shape index (κ1) is 26.1. The SMILES string of the molecule is O=C(/C=C/c1ccc(O)c(O)c1)OCC[C@]1(O)CC(COC(=O)/C=C/c2ccc(O)c(O)c2)OC1=O. The highest BCUT2D eigenvalue weighted by Gasteiger charge is 2.48. The molecule has 0 aromatic heterocycles. The van der Waals surface area contributed by atoms with Crippen LogP contribution < -0.4 is 0 Å². The maximum Gasteiger partial charge on any atom is 0.338 e. The second-order valence-electron chi connectivity index (χ2n) is 7.97. The van der Waals surface area contributed by atoms with Crippen LogP contribution in [-0.2, 0) is 28.6 Å². The first-order chi connectivity index (χ1) is 17.1. The normalized spacial score (nSPS) is 19.5. The summed E-state index contributed by atoms with van der Waals surface area (Å²) in [6.45, 7) is -0.593. The zero-order valence-corrected chi connectivity index (χ0v) is 18.9. The van der Waals surface area contributed by atoms with Crippen LogP contribution in [0.3, 0.4) is 0 Å². The number of carbonyl (C=O) groups is 3. The summed E-state index contributed by atoms with van der Waals surface area (Å²) in [6.07, 6.45) is 3.57. The van der Waals surface area contributed by atoms with Crippen LogP contribution in [-0.4, -0.2) is 68.4 Å². The van der Waals surface area contributed by atoms with Crippen molar-refractivity contribution in [2.24, 2.45) is 0 Å². The summed E-state index contributed by atoms with van der Waals surface area (Å²) in [7, 11) is 0. The van der Waals surface area contributed by atoms with Gasteiger partial charge in [-0.2, -0.15) is 0 Å². The Hall–Kier alpha value is -4.51. The number of rotatable bonds is 9. The molecule has 1 aliphatic heterocycles. The van der Waals surface area contributed by atoms with Gasteiger partial charge in [0.15, 0.2) is 28.6 Å². The van der Waals surface area contributed by atoms with E-state index in [2.05, 4.69) is 0 Å². The van der Waals surface area contributed by atoms with Gasteiger partial charge >= 0.3 is 17.9 Å². The molecular formula is C25H24O11. The van der Waals surface area contributed by atoms with Gasteiger partial charge in [-0.25, -0.2) is 14.4 Å². The number of ether oxygens (including phenoxy) is 3. The molecule has 5 N–H and O–H groups in total. The van der Waals surface area contributed by atoms with Gasteiger partial charge in [-0.15, -0.1) is 0 Å². The molecule has 11 heteroatoms. The van der Waals surface area contributed by atoms with E-state index in [0.29, 0.717) is 11.1 Å². The summed E-state index contributed by atoms with van der Waals surface area (Å²) in [4.78, 5) is 35.9. The number of aromatic hydroxyl groups is 4. The molecule has 0 aliphatic carbocycles. The molecule has 2 aromatic carbocycles. The highest BCUT2D eigenvalue weighted by molar-refractivity contribution is 5.88. The highest BCUT2D eigenvalue weighted by atomic mass is 16.6. The number of esters is 3. The molecule has 190 valence electrons. The summed E-state index contributed by atoms with van der Waals surface area (Å²) in [5.41, 5.74) is -1.04. The summed E-state index contributed by atoms with van der Waals surface area (Å²) >= 11 is 0. The summed E-state index contributed by atoms with van der Waals surface area (Å²) in [6, 6.07) is 7.95. The van der Waals surface area contributed by atoms with E-state index >= 15 is 0 Å². The molecule has 36 heavy (non-hydrogen) atoms. The lowest BCUT2D eigenvalue weighted by molar-refractivity contribution is -0.159. The number of hydrogen-bond donors (Lipinski definition) is 5. The van der Waals surface area contributed by atoms with Crippen molar-refractivity contribution in [2.45, 2.75) is 24.5 Å². The molecule has 0 amide bonds. The largest absolute Gasteiger partial charge is 0.504 e. The third-order valence-corrected chi connectivity index (χ3v) is 5.21. The number of carbonyl (C=O) groups excluding carboxylic acids is 3. The Morgan fingerprint density at radius 3 is 1.94 bits per heavy atom. The minimum Gasteiger partial charge on any atom is -0.504 e. The van der Waals surface area contributed by atoms with Crippen molar-refractivity contribution in [1.82, 2.24) is 0 Å². The van der Waals surface area contributed by atoms with E-state index in [1.165, 1.54) is 48.6 Å². The number of phenolic OH excluding ortho intramolecular Hbond substituents is 4. The summed E-state index contributed by atoms with van der Waals surface area (Å²) < 4.78 is 15.1. The third-order valence-electron chi connectivity index (χ3n) is 5.21. The Labute approximate surface area is 205 Å². The number of aliphatic hydroxyl groups is 1. The zero-order valence-electron chi connectivity index (χ0n) is 18.9. The van der Waals surface area contributed by atoms with Crippen LogP contribution >= 0.6 is 0 Å². The lowest BCUT2D eigenvalue weighted by Crippen LogP contribution is -2.35. The predicted molar refractivity (Wildman–Crippen MR) is 124 cm³/mol. The Bertz CT molecular complexity index is 1200. The molecule has 1 aliphatic rings. The molecular weight excluding hydrogens is 476 g/mol. The van der Waals surface area contributed by atoms with E-state index in [1.807, 2.05) is 0 Å². The van der Waals surface area contributed by atoms with Crippen molar-refractivity contribution < 1.29 is 54.1 Å². The second-order valence-corrected chi connectivity index (χ2v) is 7.97. The predicted octanol–water partition coefficient (Wildman–Crippen LogP) is 1.76. The molecule has 2 aromatic rings. The van der Waals surface area contributed by atoms with Gasteiger partial charge in [-0.05, 0) is 47.5 Å². The molecule has 0 saturated carbocycles. The minimum atomic E-state index is -1.91. The van der Waals surface area contributed by atoms with Crippen molar-refractivity contribution >= 4 is 30.1 Å². The van der Waals surface area contributed by atoms with Crippen LogP contribution in [0.25, 0.3) is 12.2 Å². The van der Waals surface area contributed by atoms with Gasteiger partial charge in [0.1, 0.15) is 12.7 Å². The third kappa shape index (κ3) is 7.00. The smallest absolute Gasteiger partial charge is 0.338 e. The van der Waals surface area contributed by atoms with Gasteiger partial charge in [0.25, 0.3) is 0 Å². The number of phenols is 4. The molecule has 1 fully saturated rings. The van der Waals surface area contributed by atoms with Crippen LogP contribution in [0, 0.1) is 0 Å². The van der Waals surface area contributed by atoms with E-state index in [1.54, 1.807) is 0 Å².